The van der Waals surface area contributed by atoms with Gasteiger partial charge in [0.2, 0.25) is 0 Å². The third-order valence-corrected chi connectivity index (χ3v) is 2.11. The molecule has 0 spiro atoms. The summed E-state index contributed by atoms with van der Waals surface area (Å²) < 4.78 is 45.7. The van der Waals surface area contributed by atoms with Gasteiger partial charge in [0.05, 0.1) is 7.11 Å². The molecule has 0 aliphatic heterocycles. The Morgan fingerprint density at radius 1 is 1.14 bits per heavy atom. The first-order chi connectivity index (χ1) is 9.36. The molecule has 0 saturated carbocycles. The summed E-state index contributed by atoms with van der Waals surface area (Å²) in [5.74, 6) is -4.05. The van der Waals surface area contributed by atoms with Gasteiger partial charge in [-0.25, -0.2) is 4.79 Å². The normalized spacial score (nSPS) is 13.3. The van der Waals surface area contributed by atoms with Gasteiger partial charge < -0.3 is 14.8 Å². The first-order valence-corrected chi connectivity index (χ1v) is 6.04. The highest BCUT2D eigenvalue weighted by atomic mass is 19.4. The molecular formula is C12H18F3NO5. The third kappa shape index (κ3) is 8.16. The number of methoxy groups -OCH3 is 1. The summed E-state index contributed by atoms with van der Waals surface area (Å²) in [6.45, 7) is 4.86. The smallest absolute Gasteiger partial charge is 0.467 e. The van der Waals surface area contributed by atoms with Crippen LogP contribution in [0.25, 0.3) is 0 Å². The summed E-state index contributed by atoms with van der Waals surface area (Å²) in [7, 11) is 0.961. The Bertz CT molecular complexity index is 401. The number of rotatable bonds is 5. The number of ether oxygens (including phenoxy) is 2. The van der Waals surface area contributed by atoms with E-state index in [1.54, 1.807) is 20.8 Å². The maximum absolute atomic E-state index is 12.1. The molecule has 0 aromatic carbocycles. The van der Waals surface area contributed by atoms with Crippen molar-refractivity contribution in [3.05, 3.63) is 0 Å². The second-order valence-corrected chi connectivity index (χ2v) is 5.17. The number of halogens is 3. The number of alkyl halides is 3. The quantitative estimate of drug-likeness (QED) is 0.774. The van der Waals surface area contributed by atoms with Crippen molar-refractivity contribution in [3.8, 4) is 0 Å². The van der Waals surface area contributed by atoms with E-state index in [1.807, 2.05) is 0 Å². The molecule has 1 N–H and O–H groups in total. The number of hydrogen-bond acceptors (Lipinski definition) is 5. The number of esters is 2. The zero-order valence-electron chi connectivity index (χ0n) is 12.2. The molecular weight excluding hydrogens is 295 g/mol. The molecule has 21 heavy (non-hydrogen) atoms. The number of nitrogens with one attached hydrogen (secondary N) is 1. The van der Waals surface area contributed by atoms with E-state index >= 15 is 0 Å². The summed E-state index contributed by atoms with van der Waals surface area (Å²) in [5.41, 5.74) is -0.757. The fraction of sp³-hybridized carbons (Fsp3) is 0.750. The number of hydrogen-bond donors (Lipinski definition) is 1. The lowest BCUT2D eigenvalue weighted by Crippen LogP contribution is -2.47. The zero-order valence-corrected chi connectivity index (χ0v) is 12.2. The fourth-order valence-corrected chi connectivity index (χ4v) is 1.29. The van der Waals surface area contributed by atoms with Gasteiger partial charge in [0.1, 0.15) is 11.6 Å². The van der Waals surface area contributed by atoms with Crippen molar-refractivity contribution in [3.63, 3.8) is 0 Å². The summed E-state index contributed by atoms with van der Waals surface area (Å²) >= 11 is 0. The lowest BCUT2D eigenvalue weighted by molar-refractivity contribution is -0.176. The Labute approximate surface area is 120 Å². The highest BCUT2D eigenvalue weighted by molar-refractivity contribution is 5.87. The van der Waals surface area contributed by atoms with Gasteiger partial charge in [-0.05, 0) is 27.2 Å². The minimum Gasteiger partial charge on any atom is -0.467 e. The van der Waals surface area contributed by atoms with Crippen LogP contribution in [0.4, 0.5) is 13.2 Å². The zero-order chi connectivity index (χ0) is 16.8. The molecule has 0 unspecified atom stereocenters. The lowest BCUT2D eigenvalue weighted by Gasteiger charge is -2.21. The molecule has 0 radical (unpaired) electrons. The van der Waals surface area contributed by atoms with Crippen molar-refractivity contribution in [2.45, 2.75) is 51.4 Å². The minimum absolute atomic E-state index is 0.338. The van der Waals surface area contributed by atoms with Gasteiger partial charge in [0, 0.05) is 6.42 Å². The number of carbonyl (C=O) groups is 3. The largest absolute Gasteiger partial charge is 0.471 e. The molecule has 6 nitrogen and oxygen atoms in total. The lowest BCUT2D eigenvalue weighted by atomic mass is 10.1. The minimum atomic E-state index is -5.13. The van der Waals surface area contributed by atoms with Crippen molar-refractivity contribution in [1.82, 2.24) is 5.32 Å². The Morgan fingerprint density at radius 3 is 2.05 bits per heavy atom. The predicted octanol–water partition coefficient (Wildman–Crippen LogP) is 1.33. The van der Waals surface area contributed by atoms with Crippen molar-refractivity contribution < 1.29 is 37.0 Å². The van der Waals surface area contributed by atoms with E-state index in [4.69, 9.17) is 4.74 Å². The van der Waals surface area contributed by atoms with Gasteiger partial charge in [-0.1, -0.05) is 0 Å². The van der Waals surface area contributed by atoms with Crippen LogP contribution in [0.1, 0.15) is 33.6 Å². The second-order valence-electron chi connectivity index (χ2n) is 5.17. The Kier molecular flexibility index (Phi) is 6.65. The first kappa shape index (κ1) is 19.2. The third-order valence-electron chi connectivity index (χ3n) is 2.11. The molecule has 0 heterocycles. The van der Waals surface area contributed by atoms with Crippen LogP contribution in [0.15, 0.2) is 0 Å². The maximum Gasteiger partial charge on any atom is 0.471 e. The van der Waals surface area contributed by atoms with Crippen molar-refractivity contribution in [1.29, 1.82) is 0 Å². The summed E-state index contributed by atoms with van der Waals surface area (Å²) in [6, 6.07) is -1.57. The highest BCUT2D eigenvalue weighted by Crippen LogP contribution is 2.16. The molecule has 0 aromatic heterocycles. The SMILES string of the molecule is COC(=O)[C@@H](CCC(=O)OC(C)(C)C)NC(=O)C(F)(F)F. The topological polar surface area (TPSA) is 81.7 Å². The molecule has 1 atom stereocenters. The van der Waals surface area contributed by atoms with Crippen LogP contribution < -0.4 is 5.32 Å². The Hall–Kier alpha value is -1.80. The molecule has 0 rings (SSSR count). The number of carbonyl (C=O) groups excluding carboxylic acids is 3. The molecule has 0 aliphatic rings. The van der Waals surface area contributed by atoms with E-state index in [0.29, 0.717) is 0 Å². The van der Waals surface area contributed by atoms with E-state index in [9.17, 15) is 27.6 Å². The van der Waals surface area contributed by atoms with Crippen LogP contribution >= 0.6 is 0 Å². The molecule has 0 aliphatic carbocycles. The van der Waals surface area contributed by atoms with E-state index in [1.165, 1.54) is 5.32 Å². The van der Waals surface area contributed by atoms with E-state index in [-0.39, 0.29) is 12.8 Å². The van der Waals surface area contributed by atoms with Gasteiger partial charge in [-0.15, -0.1) is 0 Å². The number of amides is 1. The van der Waals surface area contributed by atoms with Gasteiger partial charge >= 0.3 is 24.0 Å². The molecule has 0 aromatic rings. The van der Waals surface area contributed by atoms with Crippen LogP contribution in [-0.4, -0.2) is 42.8 Å². The van der Waals surface area contributed by atoms with Gasteiger partial charge in [-0.3, -0.25) is 9.59 Å². The van der Waals surface area contributed by atoms with Crippen molar-refractivity contribution in [2.24, 2.45) is 0 Å². The Morgan fingerprint density at radius 2 is 1.67 bits per heavy atom. The monoisotopic (exact) mass is 313 g/mol. The maximum atomic E-state index is 12.1. The van der Waals surface area contributed by atoms with Crippen LogP contribution in [0.2, 0.25) is 0 Å². The van der Waals surface area contributed by atoms with Crippen LogP contribution in [0, 0.1) is 0 Å². The molecule has 1 amide bonds. The van der Waals surface area contributed by atoms with Crippen LogP contribution in [0.5, 0.6) is 0 Å². The second kappa shape index (κ2) is 7.28. The molecule has 0 bridgehead atoms. The highest BCUT2D eigenvalue weighted by Gasteiger charge is 2.41. The van der Waals surface area contributed by atoms with E-state index in [0.717, 1.165) is 7.11 Å². The predicted molar refractivity (Wildman–Crippen MR) is 65.1 cm³/mol. The summed E-state index contributed by atoms with van der Waals surface area (Å²) in [5, 5.41) is 1.48. The van der Waals surface area contributed by atoms with Gasteiger partial charge in [-0.2, -0.15) is 13.2 Å². The van der Waals surface area contributed by atoms with E-state index < -0.39 is 35.7 Å². The van der Waals surface area contributed by atoms with E-state index in [2.05, 4.69) is 4.74 Å². The average Bonchev–Trinajstić information content (AvgIpc) is 2.29. The van der Waals surface area contributed by atoms with Gasteiger partial charge in [0.25, 0.3) is 0 Å². The van der Waals surface area contributed by atoms with Crippen molar-refractivity contribution in [2.75, 3.05) is 7.11 Å². The first-order valence-electron chi connectivity index (χ1n) is 6.04. The van der Waals surface area contributed by atoms with Crippen LogP contribution in [0.3, 0.4) is 0 Å². The molecule has 9 heteroatoms. The Balaban J connectivity index is 4.63. The standard InChI is InChI=1S/C12H18F3NO5/c1-11(2,3)21-8(17)6-5-7(9(18)20-4)16-10(19)12(13,14)15/h7H,5-6H2,1-4H3,(H,16,19)/t7-/m1/s1. The average molecular weight is 313 g/mol. The molecule has 0 saturated heterocycles. The van der Waals surface area contributed by atoms with Crippen molar-refractivity contribution >= 4 is 17.8 Å². The van der Waals surface area contributed by atoms with Crippen LogP contribution in [-0.2, 0) is 23.9 Å². The summed E-state index contributed by atoms with van der Waals surface area (Å²) in [4.78, 5) is 33.6. The summed E-state index contributed by atoms with van der Waals surface area (Å²) in [6.07, 6.45) is -5.82. The molecule has 0 fully saturated rings. The molecule has 122 valence electrons. The fourth-order valence-electron chi connectivity index (χ4n) is 1.29. The van der Waals surface area contributed by atoms with Gasteiger partial charge in [0.15, 0.2) is 0 Å².